The summed E-state index contributed by atoms with van der Waals surface area (Å²) in [6.45, 7) is 4.36. The number of pyridine rings is 1. The van der Waals surface area contributed by atoms with Gasteiger partial charge < -0.3 is 19.7 Å². The maximum absolute atomic E-state index is 13.4. The summed E-state index contributed by atoms with van der Waals surface area (Å²) in [5, 5.41) is 3.12. The molecule has 168 valence electrons. The molecule has 4 aliphatic heterocycles. The largest absolute Gasteiger partial charge is 0.354 e. The van der Waals surface area contributed by atoms with E-state index >= 15 is 0 Å². The fourth-order valence-corrected chi connectivity index (χ4v) is 5.95. The molecule has 1 aromatic heterocycles. The van der Waals surface area contributed by atoms with Crippen molar-refractivity contribution in [2.45, 2.75) is 50.5 Å². The molecular weight excluding hydrogens is 396 g/mol. The van der Waals surface area contributed by atoms with E-state index < -0.39 is 0 Å². The zero-order valence-electron chi connectivity index (χ0n) is 17.9. The Kier molecular flexibility index (Phi) is 6.20. The summed E-state index contributed by atoms with van der Waals surface area (Å²) in [5.74, 6) is 0.716. The second-order valence-electron chi connectivity index (χ2n) is 9.25. The average molecular weight is 429 g/mol. The van der Waals surface area contributed by atoms with Crippen molar-refractivity contribution in [1.82, 2.24) is 20.1 Å². The van der Waals surface area contributed by atoms with E-state index in [1.165, 1.54) is 0 Å². The molecule has 4 saturated heterocycles. The van der Waals surface area contributed by atoms with Crippen LogP contribution in [0.5, 0.6) is 0 Å². The van der Waals surface area contributed by atoms with Gasteiger partial charge in [-0.05, 0) is 49.3 Å². The maximum atomic E-state index is 13.4. The number of carbonyl (C=O) groups is 2. The standard InChI is InChI=1S/C23H32N4O4/c28-20-3-1-2-19-17-12-18(14-26(13-17)15-21-30-10-11-31-21)22(27(19)20)23(29)25-9-6-16-4-7-24-8-5-16/h4-5,7-8,17-19,21-22H,1-3,6,9-15H2,(H,25,29)/t17-,18+,19+,22-/m1/s1. The van der Waals surface area contributed by atoms with Gasteiger partial charge in [-0.2, -0.15) is 0 Å². The molecule has 0 saturated carbocycles. The highest BCUT2D eigenvalue weighted by Gasteiger charge is 2.52. The molecule has 8 nitrogen and oxygen atoms in total. The van der Waals surface area contributed by atoms with Crippen LogP contribution >= 0.6 is 0 Å². The van der Waals surface area contributed by atoms with Gasteiger partial charge in [0.25, 0.3) is 0 Å². The van der Waals surface area contributed by atoms with Gasteiger partial charge in [-0.1, -0.05) is 0 Å². The lowest BCUT2D eigenvalue weighted by atomic mass is 9.71. The van der Waals surface area contributed by atoms with Crippen LogP contribution in [-0.2, 0) is 25.5 Å². The molecule has 0 aliphatic carbocycles. The van der Waals surface area contributed by atoms with E-state index in [4.69, 9.17) is 9.47 Å². The Balaban J connectivity index is 1.28. The second kappa shape index (κ2) is 9.22. The molecule has 2 bridgehead atoms. The third-order valence-corrected chi connectivity index (χ3v) is 7.25. The number of ether oxygens (including phenoxy) is 2. The molecule has 0 spiro atoms. The fourth-order valence-electron chi connectivity index (χ4n) is 5.95. The fraction of sp³-hybridized carbons (Fsp3) is 0.696. The van der Waals surface area contributed by atoms with Crippen molar-refractivity contribution in [3.63, 3.8) is 0 Å². The van der Waals surface area contributed by atoms with Crippen molar-refractivity contribution in [3.8, 4) is 0 Å². The zero-order chi connectivity index (χ0) is 21.2. The number of piperidine rings is 3. The predicted octanol–water partition coefficient (Wildman–Crippen LogP) is 0.815. The van der Waals surface area contributed by atoms with Crippen LogP contribution in [0.4, 0.5) is 0 Å². The number of fused-ring (bicyclic) bond motifs is 4. The minimum atomic E-state index is -0.375. The first kappa shape index (κ1) is 20.8. The van der Waals surface area contributed by atoms with E-state index in [9.17, 15) is 9.59 Å². The third-order valence-electron chi connectivity index (χ3n) is 7.25. The van der Waals surface area contributed by atoms with Gasteiger partial charge in [-0.3, -0.25) is 19.5 Å². The highest BCUT2D eigenvalue weighted by molar-refractivity contribution is 5.89. The third kappa shape index (κ3) is 4.47. The normalized spacial score (nSPS) is 31.5. The molecule has 0 unspecified atom stereocenters. The summed E-state index contributed by atoms with van der Waals surface area (Å²) < 4.78 is 11.3. The molecule has 31 heavy (non-hydrogen) atoms. The summed E-state index contributed by atoms with van der Waals surface area (Å²) in [4.78, 5) is 34.7. The molecule has 5 heterocycles. The molecule has 1 aromatic rings. The first-order chi connectivity index (χ1) is 15.2. The molecule has 4 fully saturated rings. The van der Waals surface area contributed by atoms with Crippen molar-refractivity contribution in [3.05, 3.63) is 30.1 Å². The van der Waals surface area contributed by atoms with Crippen molar-refractivity contribution in [2.75, 3.05) is 39.4 Å². The number of rotatable bonds is 6. The molecule has 0 aromatic carbocycles. The average Bonchev–Trinajstić information content (AvgIpc) is 3.28. The lowest BCUT2D eigenvalue weighted by Gasteiger charge is -2.56. The number of hydrogen-bond acceptors (Lipinski definition) is 6. The van der Waals surface area contributed by atoms with Crippen LogP contribution in [0, 0.1) is 11.8 Å². The first-order valence-electron chi connectivity index (χ1n) is 11.6. The number of carbonyl (C=O) groups excluding carboxylic acids is 2. The highest BCUT2D eigenvalue weighted by Crippen LogP contribution is 2.41. The van der Waals surface area contributed by atoms with Crippen LogP contribution in [0.2, 0.25) is 0 Å². The molecule has 8 heteroatoms. The number of amides is 2. The van der Waals surface area contributed by atoms with Gasteiger partial charge in [0.1, 0.15) is 6.04 Å². The number of nitrogens with one attached hydrogen (secondary N) is 1. The van der Waals surface area contributed by atoms with Gasteiger partial charge in [0.2, 0.25) is 11.8 Å². The Morgan fingerprint density at radius 1 is 1.16 bits per heavy atom. The molecule has 0 radical (unpaired) electrons. The van der Waals surface area contributed by atoms with E-state index in [1.54, 1.807) is 12.4 Å². The van der Waals surface area contributed by atoms with Crippen molar-refractivity contribution in [2.24, 2.45) is 11.8 Å². The lowest BCUT2D eigenvalue weighted by Crippen LogP contribution is -2.68. The summed E-state index contributed by atoms with van der Waals surface area (Å²) in [6, 6.07) is 3.72. The quantitative estimate of drug-likeness (QED) is 0.722. The minimum absolute atomic E-state index is 0.00651. The Bertz CT molecular complexity index is 785. The monoisotopic (exact) mass is 428 g/mol. The van der Waals surface area contributed by atoms with Crippen molar-refractivity contribution < 1.29 is 19.1 Å². The summed E-state index contributed by atoms with van der Waals surface area (Å²) in [5.41, 5.74) is 1.14. The minimum Gasteiger partial charge on any atom is -0.354 e. The summed E-state index contributed by atoms with van der Waals surface area (Å²) in [6.07, 6.45) is 7.61. The number of hydrogen-bond donors (Lipinski definition) is 1. The van der Waals surface area contributed by atoms with E-state index in [0.717, 1.165) is 50.9 Å². The molecule has 5 rings (SSSR count). The second-order valence-corrected chi connectivity index (χ2v) is 9.25. The van der Waals surface area contributed by atoms with Gasteiger partial charge in [-0.25, -0.2) is 0 Å². The Morgan fingerprint density at radius 3 is 2.74 bits per heavy atom. The van der Waals surface area contributed by atoms with Gasteiger partial charge in [0, 0.05) is 57.0 Å². The van der Waals surface area contributed by atoms with E-state index in [1.807, 2.05) is 17.0 Å². The van der Waals surface area contributed by atoms with Crippen LogP contribution in [0.3, 0.4) is 0 Å². The molecule has 4 aliphatic rings. The highest BCUT2D eigenvalue weighted by atomic mass is 16.7. The van der Waals surface area contributed by atoms with Crippen LogP contribution in [0.25, 0.3) is 0 Å². The number of aromatic nitrogens is 1. The van der Waals surface area contributed by atoms with Crippen LogP contribution < -0.4 is 5.32 Å². The smallest absolute Gasteiger partial charge is 0.243 e. The predicted molar refractivity (Wildman–Crippen MR) is 113 cm³/mol. The van der Waals surface area contributed by atoms with Crippen molar-refractivity contribution in [1.29, 1.82) is 0 Å². The van der Waals surface area contributed by atoms with Gasteiger partial charge in [0.15, 0.2) is 6.29 Å². The van der Waals surface area contributed by atoms with E-state index in [2.05, 4.69) is 15.2 Å². The zero-order valence-corrected chi connectivity index (χ0v) is 17.9. The summed E-state index contributed by atoms with van der Waals surface area (Å²) in [7, 11) is 0. The Hall–Kier alpha value is -2.03. The first-order valence-corrected chi connectivity index (χ1v) is 11.6. The number of likely N-dealkylation sites (tertiary alicyclic amines) is 1. The van der Waals surface area contributed by atoms with E-state index in [-0.39, 0.29) is 36.1 Å². The Labute approximate surface area is 183 Å². The van der Waals surface area contributed by atoms with Crippen LogP contribution in [0.15, 0.2) is 24.5 Å². The topological polar surface area (TPSA) is 84.0 Å². The SMILES string of the molecule is O=C(NCCc1ccncc1)[C@H]1[C@H]2C[C@H](CN(CC3OCCO3)C2)[C@@H]2CCCC(=O)N21. The van der Waals surface area contributed by atoms with E-state index in [0.29, 0.717) is 32.1 Å². The van der Waals surface area contributed by atoms with Crippen LogP contribution in [0.1, 0.15) is 31.2 Å². The Morgan fingerprint density at radius 2 is 1.94 bits per heavy atom. The van der Waals surface area contributed by atoms with Crippen molar-refractivity contribution >= 4 is 11.8 Å². The van der Waals surface area contributed by atoms with Gasteiger partial charge in [-0.15, -0.1) is 0 Å². The molecule has 4 atom stereocenters. The molecular formula is C23H32N4O4. The van der Waals surface area contributed by atoms with Crippen LogP contribution in [-0.4, -0.2) is 84.4 Å². The maximum Gasteiger partial charge on any atom is 0.243 e. The number of nitrogens with zero attached hydrogens (tertiary/aromatic N) is 3. The summed E-state index contributed by atoms with van der Waals surface area (Å²) >= 11 is 0. The van der Waals surface area contributed by atoms with Gasteiger partial charge >= 0.3 is 0 Å². The lowest BCUT2D eigenvalue weighted by molar-refractivity contribution is -0.162. The molecule has 2 amide bonds. The molecule has 1 N–H and O–H groups in total. The van der Waals surface area contributed by atoms with Gasteiger partial charge in [0.05, 0.1) is 13.2 Å².